The van der Waals surface area contributed by atoms with E-state index in [0.717, 1.165) is 5.56 Å². The first-order valence-electron chi connectivity index (χ1n) is 10.5. The third kappa shape index (κ3) is 5.06. The molecule has 8 heteroatoms. The fraction of sp³-hybridized carbons (Fsp3) is 0.200. The van der Waals surface area contributed by atoms with Gasteiger partial charge in [-0.05, 0) is 55.0 Å². The maximum Gasteiger partial charge on any atom is 0.326 e. The molecule has 1 unspecified atom stereocenters. The number of anilines is 2. The predicted octanol–water partition coefficient (Wildman–Crippen LogP) is 4.51. The van der Waals surface area contributed by atoms with Gasteiger partial charge in [0.1, 0.15) is 17.3 Å². The van der Waals surface area contributed by atoms with Gasteiger partial charge in [0.05, 0.1) is 25.4 Å². The third-order valence-corrected chi connectivity index (χ3v) is 5.34. The standard InChI is InChI=1S/C25H24FN3O4/c1-16(17-7-5-10-20(13-17)32-2)27-24(30)23-15-29(21-11-3-4-12-22(21)33-23)25(31)28-19-9-6-8-18(26)14-19/h3-14,16,23H,15H2,1-2H3,(H,27,30)(H,28,31)/t16-,23?/m1/s1. The number of carbonyl (C=O) groups is 2. The number of urea groups is 1. The van der Waals surface area contributed by atoms with Crippen LogP contribution in [-0.2, 0) is 4.79 Å². The van der Waals surface area contributed by atoms with Gasteiger partial charge in [-0.2, -0.15) is 0 Å². The lowest BCUT2D eigenvalue weighted by atomic mass is 10.1. The Morgan fingerprint density at radius 1 is 1.09 bits per heavy atom. The van der Waals surface area contributed by atoms with E-state index in [1.165, 1.54) is 23.1 Å². The van der Waals surface area contributed by atoms with Crippen molar-refractivity contribution in [2.45, 2.75) is 19.1 Å². The molecule has 1 heterocycles. The highest BCUT2D eigenvalue weighted by molar-refractivity contribution is 6.04. The van der Waals surface area contributed by atoms with Crippen molar-refractivity contribution in [3.05, 3.63) is 84.2 Å². The number of carbonyl (C=O) groups excluding carboxylic acids is 2. The molecule has 33 heavy (non-hydrogen) atoms. The van der Waals surface area contributed by atoms with E-state index in [1.54, 1.807) is 37.4 Å². The molecule has 1 aliphatic rings. The van der Waals surface area contributed by atoms with E-state index in [9.17, 15) is 14.0 Å². The predicted molar refractivity (Wildman–Crippen MR) is 123 cm³/mol. The van der Waals surface area contributed by atoms with Gasteiger partial charge in [-0.1, -0.05) is 30.3 Å². The van der Waals surface area contributed by atoms with Crippen molar-refractivity contribution in [1.82, 2.24) is 5.32 Å². The number of rotatable bonds is 5. The second-order valence-electron chi connectivity index (χ2n) is 7.63. The van der Waals surface area contributed by atoms with E-state index in [0.29, 0.717) is 22.9 Å². The number of para-hydroxylation sites is 2. The second kappa shape index (κ2) is 9.60. The summed E-state index contributed by atoms with van der Waals surface area (Å²) in [4.78, 5) is 27.5. The van der Waals surface area contributed by atoms with Crippen molar-refractivity contribution >= 4 is 23.3 Å². The van der Waals surface area contributed by atoms with E-state index in [1.807, 2.05) is 31.2 Å². The highest BCUT2D eigenvalue weighted by atomic mass is 19.1. The summed E-state index contributed by atoms with van der Waals surface area (Å²) >= 11 is 0. The number of benzene rings is 3. The minimum Gasteiger partial charge on any atom is -0.497 e. The van der Waals surface area contributed by atoms with Crippen LogP contribution < -0.4 is 25.0 Å². The van der Waals surface area contributed by atoms with Crippen LogP contribution in [0.15, 0.2) is 72.8 Å². The molecule has 1 aliphatic heterocycles. The summed E-state index contributed by atoms with van der Waals surface area (Å²) < 4.78 is 24.7. The maximum absolute atomic E-state index is 13.5. The lowest BCUT2D eigenvalue weighted by Gasteiger charge is -2.34. The summed E-state index contributed by atoms with van der Waals surface area (Å²) in [5.74, 6) is 0.284. The van der Waals surface area contributed by atoms with Gasteiger partial charge < -0.3 is 20.1 Å². The van der Waals surface area contributed by atoms with Crippen molar-refractivity contribution in [2.75, 3.05) is 23.9 Å². The molecule has 0 saturated carbocycles. The van der Waals surface area contributed by atoms with Crippen molar-refractivity contribution in [2.24, 2.45) is 0 Å². The molecule has 2 atom stereocenters. The highest BCUT2D eigenvalue weighted by Gasteiger charge is 2.34. The normalized spacial score (nSPS) is 15.6. The van der Waals surface area contributed by atoms with Gasteiger partial charge in [-0.15, -0.1) is 0 Å². The number of halogens is 1. The van der Waals surface area contributed by atoms with Crippen molar-refractivity contribution in [1.29, 1.82) is 0 Å². The van der Waals surface area contributed by atoms with Crippen LogP contribution in [0.5, 0.6) is 11.5 Å². The Bertz CT molecular complexity index is 1170. The SMILES string of the molecule is COc1cccc([C@@H](C)NC(=O)C2CN(C(=O)Nc3cccc(F)c3)c3ccccc3O2)c1. The topological polar surface area (TPSA) is 79.9 Å². The third-order valence-electron chi connectivity index (χ3n) is 5.34. The van der Waals surface area contributed by atoms with E-state index in [2.05, 4.69) is 10.6 Å². The van der Waals surface area contributed by atoms with Gasteiger partial charge in [0, 0.05) is 5.69 Å². The molecule has 3 aromatic carbocycles. The molecule has 0 fully saturated rings. The second-order valence-corrected chi connectivity index (χ2v) is 7.63. The Hall–Kier alpha value is -4.07. The van der Waals surface area contributed by atoms with Crippen LogP contribution in [0, 0.1) is 5.82 Å². The van der Waals surface area contributed by atoms with Gasteiger partial charge in [-0.25, -0.2) is 9.18 Å². The summed E-state index contributed by atoms with van der Waals surface area (Å²) in [5, 5.41) is 5.62. The Morgan fingerprint density at radius 2 is 1.88 bits per heavy atom. The Labute approximate surface area is 191 Å². The van der Waals surface area contributed by atoms with E-state index >= 15 is 0 Å². The van der Waals surface area contributed by atoms with Crippen LogP contribution in [0.2, 0.25) is 0 Å². The molecule has 2 N–H and O–H groups in total. The van der Waals surface area contributed by atoms with E-state index in [4.69, 9.17) is 9.47 Å². The fourth-order valence-corrected chi connectivity index (χ4v) is 3.62. The molecule has 0 bridgehead atoms. The van der Waals surface area contributed by atoms with Crippen LogP contribution in [-0.4, -0.2) is 31.7 Å². The monoisotopic (exact) mass is 449 g/mol. The first-order chi connectivity index (χ1) is 15.9. The van der Waals surface area contributed by atoms with Crippen molar-refractivity contribution < 1.29 is 23.5 Å². The first-order valence-corrected chi connectivity index (χ1v) is 10.5. The summed E-state index contributed by atoms with van der Waals surface area (Å²) in [6, 6.07) is 19.2. The number of hydrogen-bond acceptors (Lipinski definition) is 4. The number of nitrogens with one attached hydrogen (secondary N) is 2. The van der Waals surface area contributed by atoms with Crippen LogP contribution in [0.3, 0.4) is 0 Å². The molecule has 7 nitrogen and oxygen atoms in total. The number of nitrogens with zero attached hydrogens (tertiary/aromatic N) is 1. The molecule has 170 valence electrons. The summed E-state index contributed by atoms with van der Waals surface area (Å²) in [5.41, 5.74) is 1.72. The molecule has 0 saturated heterocycles. The van der Waals surface area contributed by atoms with Crippen LogP contribution in [0.4, 0.5) is 20.6 Å². The minimum atomic E-state index is -0.925. The fourth-order valence-electron chi connectivity index (χ4n) is 3.62. The average Bonchev–Trinajstić information content (AvgIpc) is 2.83. The molecule has 0 radical (unpaired) electrons. The molecular formula is C25H24FN3O4. The Balaban J connectivity index is 1.51. The van der Waals surface area contributed by atoms with Gasteiger partial charge in [0.2, 0.25) is 0 Å². The zero-order valence-electron chi connectivity index (χ0n) is 18.2. The molecule has 4 rings (SSSR count). The Morgan fingerprint density at radius 3 is 2.67 bits per heavy atom. The van der Waals surface area contributed by atoms with Gasteiger partial charge in [-0.3, -0.25) is 9.69 Å². The van der Waals surface area contributed by atoms with Gasteiger partial charge in [0.15, 0.2) is 6.10 Å². The van der Waals surface area contributed by atoms with Crippen LogP contribution in [0.25, 0.3) is 0 Å². The van der Waals surface area contributed by atoms with Crippen molar-refractivity contribution in [3.8, 4) is 11.5 Å². The minimum absolute atomic E-state index is 0.00513. The molecule has 0 aromatic heterocycles. The van der Waals surface area contributed by atoms with Crippen molar-refractivity contribution in [3.63, 3.8) is 0 Å². The maximum atomic E-state index is 13.5. The van der Waals surface area contributed by atoms with Crippen LogP contribution in [0.1, 0.15) is 18.5 Å². The quantitative estimate of drug-likeness (QED) is 0.601. The zero-order valence-corrected chi connectivity index (χ0v) is 18.2. The molecule has 3 amide bonds. The molecule has 0 spiro atoms. The smallest absolute Gasteiger partial charge is 0.326 e. The van der Waals surface area contributed by atoms with Crippen LogP contribution >= 0.6 is 0 Å². The number of amides is 3. The number of hydrogen-bond donors (Lipinski definition) is 2. The average molecular weight is 449 g/mol. The summed E-state index contributed by atoms with van der Waals surface area (Å²) in [6.07, 6.45) is -0.925. The largest absolute Gasteiger partial charge is 0.497 e. The zero-order chi connectivity index (χ0) is 23.4. The summed E-state index contributed by atoms with van der Waals surface area (Å²) in [6.45, 7) is 1.85. The molecular weight excluding hydrogens is 425 g/mol. The molecule has 0 aliphatic carbocycles. The lowest BCUT2D eigenvalue weighted by Crippen LogP contribution is -2.52. The molecule has 3 aromatic rings. The first kappa shape index (κ1) is 22.1. The van der Waals surface area contributed by atoms with Gasteiger partial charge >= 0.3 is 6.03 Å². The van der Waals surface area contributed by atoms with Gasteiger partial charge in [0.25, 0.3) is 5.91 Å². The number of fused-ring (bicyclic) bond motifs is 1. The summed E-state index contributed by atoms with van der Waals surface area (Å²) in [7, 11) is 1.58. The highest BCUT2D eigenvalue weighted by Crippen LogP contribution is 2.34. The van der Waals surface area contributed by atoms with E-state index in [-0.39, 0.29) is 18.5 Å². The Kier molecular flexibility index (Phi) is 6.44. The number of ether oxygens (including phenoxy) is 2. The lowest BCUT2D eigenvalue weighted by molar-refractivity contribution is -0.128. The van der Waals surface area contributed by atoms with E-state index < -0.39 is 18.0 Å². The number of methoxy groups -OCH3 is 1.